The number of hydrogen-bond donors (Lipinski definition) is 0. The SMILES string of the molecule is CCc1nnc(CN2CCC(OC)CC2)o1. The van der Waals surface area contributed by atoms with Crippen molar-refractivity contribution < 1.29 is 9.15 Å². The summed E-state index contributed by atoms with van der Waals surface area (Å²) in [4.78, 5) is 2.34. The summed E-state index contributed by atoms with van der Waals surface area (Å²) >= 11 is 0. The van der Waals surface area contributed by atoms with Gasteiger partial charge in [0.15, 0.2) is 0 Å². The van der Waals surface area contributed by atoms with Crippen LogP contribution in [0.25, 0.3) is 0 Å². The van der Waals surface area contributed by atoms with E-state index in [1.165, 1.54) is 0 Å². The quantitative estimate of drug-likeness (QED) is 0.771. The van der Waals surface area contributed by atoms with E-state index in [0.717, 1.165) is 50.7 Å². The highest BCUT2D eigenvalue weighted by atomic mass is 16.5. The van der Waals surface area contributed by atoms with E-state index in [9.17, 15) is 0 Å². The van der Waals surface area contributed by atoms with Gasteiger partial charge in [0.1, 0.15) is 0 Å². The molecule has 1 fully saturated rings. The Morgan fingerprint density at radius 1 is 1.31 bits per heavy atom. The second kappa shape index (κ2) is 5.41. The third-order valence-corrected chi connectivity index (χ3v) is 3.04. The summed E-state index contributed by atoms with van der Waals surface area (Å²) in [6.07, 6.45) is 3.40. The molecule has 90 valence electrons. The minimum Gasteiger partial charge on any atom is -0.424 e. The van der Waals surface area contributed by atoms with Crippen LogP contribution in [0.3, 0.4) is 0 Å². The van der Waals surface area contributed by atoms with Gasteiger partial charge in [0.2, 0.25) is 11.8 Å². The van der Waals surface area contributed by atoms with Crippen molar-refractivity contribution in [3.05, 3.63) is 11.8 Å². The molecule has 0 radical (unpaired) electrons. The number of piperidine rings is 1. The molecule has 1 aliphatic rings. The fourth-order valence-corrected chi connectivity index (χ4v) is 1.99. The molecule has 1 aromatic rings. The molecule has 2 rings (SSSR count). The van der Waals surface area contributed by atoms with Crippen LogP contribution in [-0.2, 0) is 17.7 Å². The Kier molecular flexibility index (Phi) is 3.90. The lowest BCUT2D eigenvalue weighted by Crippen LogP contribution is -2.36. The van der Waals surface area contributed by atoms with Gasteiger partial charge in [-0.15, -0.1) is 10.2 Å². The molecule has 0 saturated carbocycles. The number of hydrogen-bond acceptors (Lipinski definition) is 5. The van der Waals surface area contributed by atoms with Gasteiger partial charge in [-0.05, 0) is 12.8 Å². The van der Waals surface area contributed by atoms with E-state index in [2.05, 4.69) is 15.1 Å². The van der Waals surface area contributed by atoms with Gasteiger partial charge < -0.3 is 9.15 Å². The molecule has 0 aliphatic carbocycles. The van der Waals surface area contributed by atoms with Crippen LogP contribution in [0.5, 0.6) is 0 Å². The van der Waals surface area contributed by atoms with Crippen molar-refractivity contribution in [2.24, 2.45) is 0 Å². The van der Waals surface area contributed by atoms with Crippen LogP contribution >= 0.6 is 0 Å². The fraction of sp³-hybridized carbons (Fsp3) is 0.818. The summed E-state index contributed by atoms with van der Waals surface area (Å²) in [5.74, 6) is 1.45. The van der Waals surface area contributed by atoms with Gasteiger partial charge in [-0.2, -0.15) is 0 Å². The topological polar surface area (TPSA) is 51.4 Å². The molecule has 16 heavy (non-hydrogen) atoms. The number of nitrogens with zero attached hydrogens (tertiary/aromatic N) is 3. The van der Waals surface area contributed by atoms with Gasteiger partial charge in [-0.3, -0.25) is 4.90 Å². The summed E-state index contributed by atoms with van der Waals surface area (Å²) in [5.41, 5.74) is 0. The van der Waals surface area contributed by atoms with Crippen molar-refractivity contribution in [3.63, 3.8) is 0 Å². The molecule has 0 bridgehead atoms. The molecule has 0 spiro atoms. The number of aryl methyl sites for hydroxylation is 1. The predicted molar refractivity (Wildman–Crippen MR) is 59.0 cm³/mol. The van der Waals surface area contributed by atoms with Gasteiger partial charge >= 0.3 is 0 Å². The van der Waals surface area contributed by atoms with Crippen LogP contribution in [0, 0.1) is 0 Å². The normalized spacial score (nSPS) is 19.1. The number of methoxy groups -OCH3 is 1. The highest BCUT2D eigenvalue weighted by Crippen LogP contribution is 2.15. The van der Waals surface area contributed by atoms with Crippen LogP contribution < -0.4 is 0 Å². The number of aromatic nitrogens is 2. The maximum Gasteiger partial charge on any atom is 0.230 e. The lowest BCUT2D eigenvalue weighted by atomic mass is 10.1. The monoisotopic (exact) mass is 225 g/mol. The molecular formula is C11H19N3O2. The first-order valence-electron chi connectivity index (χ1n) is 5.88. The first-order valence-corrected chi connectivity index (χ1v) is 5.88. The molecule has 2 heterocycles. The molecule has 0 amide bonds. The van der Waals surface area contributed by atoms with Gasteiger partial charge in [0.25, 0.3) is 0 Å². The molecule has 0 aromatic carbocycles. The summed E-state index contributed by atoms with van der Waals surface area (Å²) in [6.45, 7) is 4.87. The Hall–Kier alpha value is -0.940. The van der Waals surface area contributed by atoms with Gasteiger partial charge in [0, 0.05) is 26.6 Å². The van der Waals surface area contributed by atoms with E-state index in [1.54, 1.807) is 7.11 Å². The molecule has 1 aromatic heterocycles. The average molecular weight is 225 g/mol. The zero-order valence-corrected chi connectivity index (χ0v) is 9.98. The van der Waals surface area contributed by atoms with Crippen molar-refractivity contribution in [2.75, 3.05) is 20.2 Å². The minimum absolute atomic E-state index is 0.421. The molecular weight excluding hydrogens is 206 g/mol. The molecule has 5 nitrogen and oxygen atoms in total. The standard InChI is InChI=1S/C11H19N3O2/c1-3-10-12-13-11(16-10)8-14-6-4-9(15-2)5-7-14/h9H,3-8H2,1-2H3. The van der Waals surface area contributed by atoms with Crippen molar-refractivity contribution in [1.82, 2.24) is 15.1 Å². The first-order chi connectivity index (χ1) is 7.81. The maximum atomic E-state index is 5.49. The van der Waals surface area contributed by atoms with E-state index >= 15 is 0 Å². The molecule has 0 N–H and O–H groups in total. The molecule has 0 unspecified atom stereocenters. The number of likely N-dealkylation sites (tertiary alicyclic amines) is 1. The van der Waals surface area contributed by atoms with Gasteiger partial charge in [-0.1, -0.05) is 6.92 Å². The largest absolute Gasteiger partial charge is 0.424 e. The smallest absolute Gasteiger partial charge is 0.230 e. The predicted octanol–water partition coefficient (Wildman–Crippen LogP) is 1.24. The van der Waals surface area contributed by atoms with Crippen LogP contribution in [0.4, 0.5) is 0 Å². The van der Waals surface area contributed by atoms with E-state index in [0.29, 0.717) is 6.10 Å². The molecule has 0 atom stereocenters. The Bertz CT molecular complexity index is 319. The van der Waals surface area contributed by atoms with Crippen molar-refractivity contribution in [3.8, 4) is 0 Å². The summed E-state index contributed by atoms with van der Waals surface area (Å²) in [7, 11) is 1.78. The lowest BCUT2D eigenvalue weighted by molar-refractivity contribution is 0.0364. The lowest BCUT2D eigenvalue weighted by Gasteiger charge is -2.29. The summed E-state index contributed by atoms with van der Waals surface area (Å²) in [6, 6.07) is 0. The number of ether oxygens (including phenoxy) is 1. The molecule has 5 heteroatoms. The Balaban J connectivity index is 1.82. The van der Waals surface area contributed by atoms with Crippen molar-refractivity contribution in [1.29, 1.82) is 0 Å². The Morgan fingerprint density at radius 2 is 2.00 bits per heavy atom. The number of rotatable bonds is 4. The van der Waals surface area contributed by atoms with Crippen molar-refractivity contribution in [2.45, 2.75) is 38.8 Å². The molecule has 1 aliphatic heterocycles. The second-order valence-corrected chi connectivity index (χ2v) is 4.15. The maximum absolute atomic E-state index is 5.49. The zero-order valence-electron chi connectivity index (χ0n) is 9.98. The second-order valence-electron chi connectivity index (χ2n) is 4.15. The van der Waals surface area contributed by atoms with E-state index in [1.807, 2.05) is 6.92 Å². The Labute approximate surface area is 95.8 Å². The van der Waals surface area contributed by atoms with E-state index in [4.69, 9.17) is 9.15 Å². The summed E-state index contributed by atoms with van der Waals surface area (Å²) < 4.78 is 10.8. The van der Waals surface area contributed by atoms with E-state index in [-0.39, 0.29) is 0 Å². The van der Waals surface area contributed by atoms with Crippen molar-refractivity contribution >= 4 is 0 Å². The van der Waals surface area contributed by atoms with Gasteiger partial charge in [0.05, 0.1) is 12.6 Å². The third kappa shape index (κ3) is 2.80. The average Bonchev–Trinajstić information content (AvgIpc) is 2.78. The third-order valence-electron chi connectivity index (χ3n) is 3.04. The highest BCUT2D eigenvalue weighted by Gasteiger charge is 2.20. The van der Waals surface area contributed by atoms with Gasteiger partial charge in [-0.25, -0.2) is 0 Å². The van der Waals surface area contributed by atoms with Crippen LogP contribution in [0.2, 0.25) is 0 Å². The zero-order chi connectivity index (χ0) is 11.4. The molecule has 1 saturated heterocycles. The van der Waals surface area contributed by atoms with E-state index < -0.39 is 0 Å². The first kappa shape index (κ1) is 11.5. The van der Waals surface area contributed by atoms with Crippen LogP contribution in [-0.4, -0.2) is 41.4 Å². The minimum atomic E-state index is 0.421. The van der Waals surface area contributed by atoms with Crippen LogP contribution in [0.1, 0.15) is 31.5 Å². The van der Waals surface area contributed by atoms with Crippen LogP contribution in [0.15, 0.2) is 4.42 Å². The fourth-order valence-electron chi connectivity index (χ4n) is 1.99. The highest BCUT2D eigenvalue weighted by molar-refractivity contribution is 4.83. The summed E-state index contributed by atoms with van der Waals surface area (Å²) in [5, 5.41) is 7.99. The Morgan fingerprint density at radius 3 is 2.56 bits per heavy atom.